The standard InChI is InChI=1S/C18H23N5O3/c1-4-18(5-2)15(25)23(17(26)21-18)11-14(24)20-16-19-12-9-7-8-10-13(12)22(16)6-3/h7-10H,4-6,11H2,1-3H3,(H,21,26)(H,19,20,24). The maximum absolute atomic E-state index is 12.6. The van der Waals surface area contributed by atoms with Crippen molar-refractivity contribution in [2.24, 2.45) is 0 Å². The summed E-state index contributed by atoms with van der Waals surface area (Å²) in [6, 6.07) is 7.05. The first-order chi connectivity index (χ1) is 12.5. The second kappa shape index (κ2) is 6.78. The van der Waals surface area contributed by atoms with E-state index in [9.17, 15) is 14.4 Å². The molecule has 26 heavy (non-hydrogen) atoms. The molecule has 0 aliphatic carbocycles. The van der Waals surface area contributed by atoms with Crippen molar-refractivity contribution < 1.29 is 14.4 Å². The van der Waals surface area contributed by atoms with E-state index in [1.807, 2.05) is 49.6 Å². The molecule has 0 unspecified atom stereocenters. The monoisotopic (exact) mass is 357 g/mol. The normalized spacial score (nSPS) is 16.2. The number of aryl methyl sites for hydroxylation is 1. The molecule has 0 saturated carbocycles. The first-order valence-electron chi connectivity index (χ1n) is 8.85. The number of aromatic nitrogens is 2. The summed E-state index contributed by atoms with van der Waals surface area (Å²) in [5.41, 5.74) is 0.778. The van der Waals surface area contributed by atoms with E-state index in [1.165, 1.54) is 0 Å². The summed E-state index contributed by atoms with van der Waals surface area (Å²) >= 11 is 0. The first kappa shape index (κ1) is 17.9. The Kier molecular flexibility index (Phi) is 4.67. The fourth-order valence-corrected chi connectivity index (χ4v) is 3.35. The number of imide groups is 1. The Hall–Kier alpha value is -2.90. The molecule has 8 nitrogen and oxygen atoms in total. The fourth-order valence-electron chi connectivity index (χ4n) is 3.35. The van der Waals surface area contributed by atoms with Gasteiger partial charge in [0.15, 0.2) is 0 Å². The second-order valence-corrected chi connectivity index (χ2v) is 6.33. The SMILES string of the molecule is CCn1c(NC(=O)CN2C(=O)NC(CC)(CC)C2=O)nc2ccccc21. The zero-order chi connectivity index (χ0) is 18.9. The van der Waals surface area contributed by atoms with Crippen molar-refractivity contribution in [2.45, 2.75) is 45.7 Å². The quantitative estimate of drug-likeness (QED) is 0.774. The van der Waals surface area contributed by atoms with Crippen LogP contribution in [0, 0.1) is 0 Å². The van der Waals surface area contributed by atoms with Crippen LogP contribution >= 0.6 is 0 Å². The van der Waals surface area contributed by atoms with Gasteiger partial charge in [0.1, 0.15) is 12.1 Å². The lowest BCUT2D eigenvalue weighted by Gasteiger charge is -2.22. The molecule has 1 fully saturated rings. The van der Waals surface area contributed by atoms with Crippen LogP contribution in [0.3, 0.4) is 0 Å². The van der Waals surface area contributed by atoms with Crippen LogP contribution in [0.4, 0.5) is 10.7 Å². The molecule has 0 bridgehead atoms. The Morgan fingerprint density at radius 1 is 1.19 bits per heavy atom. The smallest absolute Gasteiger partial charge is 0.323 e. The molecular weight excluding hydrogens is 334 g/mol. The van der Waals surface area contributed by atoms with E-state index in [0.717, 1.165) is 15.9 Å². The van der Waals surface area contributed by atoms with Crippen LogP contribution in [0.25, 0.3) is 11.0 Å². The summed E-state index contributed by atoms with van der Waals surface area (Å²) in [4.78, 5) is 42.6. The number of benzene rings is 1. The lowest BCUT2D eigenvalue weighted by atomic mass is 9.93. The third kappa shape index (κ3) is 2.81. The van der Waals surface area contributed by atoms with Crippen LogP contribution in [-0.2, 0) is 16.1 Å². The predicted octanol–water partition coefficient (Wildman–Crippen LogP) is 2.11. The summed E-state index contributed by atoms with van der Waals surface area (Å²) in [7, 11) is 0. The molecule has 2 N–H and O–H groups in total. The molecule has 1 aliphatic heterocycles. The Labute approximate surface area is 151 Å². The zero-order valence-electron chi connectivity index (χ0n) is 15.2. The van der Waals surface area contributed by atoms with Crippen molar-refractivity contribution in [1.82, 2.24) is 19.8 Å². The largest absolute Gasteiger partial charge is 0.325 e. The average molecular weight is 357 g/mol. The Balaban J connectivity index is 1.78. The number of nitrogens with zero attached hydrogens (tertiary/aromatic N) is 3. The van der Waals surface area contributed by atoms with Gasteiger partial charge in [0.25, 0.3) is 5.91 Å². The molecule has 0 spiro atoms. The molecule has 0 radical (unpaired) electrons. The molecule has 4 amide bonds. The van der Waals surface area contributed by atoms with Crippen molar-refractivity contribution in [1.29, 1.82) is 0 Å². The number of nitrogens with one attached hydrogen (secondary N) is 2. The van der Waals surface area contributed by atoms with Gasteiger partial charge >= 0.3 is 6.03 Å². The minimum Gasteiger partial charge on any atom is -0.323 e. The second-order valence-electron chi connectivity index (χ2n) is 6.33. The van der Waals surface area contributed by atoms with Crippen LogP contribution < -0.4 is 10.6 Å². The van der Waals surface area contributed by atoms with Crippen molar-refractivity contribution in [2.75, 3.05) is 11.9 Å². The Bertz CT molecular complexity index is 869. The molecule has 2 aromatic rings. The van der Waals surface area contributed by atoms with Crippen molar-refractivity contribution in [3.8, 4) is 0 Å². The number of imidazole rings is 1. The molecule has 2 heterocycles. The molecule has 0 atom stereocenters. The molecule has 3 rings (SSSR count). The number of anilines is 1. The highest BCUT2D eigenvalue weighted by Gasteiger charge is 2.49. The van der Waals surface area contributed by atoms with Crippen LogP contribution in [-0.4, -0.2) is 44.4 Å². The van der Waals surface area contributed by atoms with Crippen LogP contribution in [0.2, 0.25) is 0 Å². The highest BCUT2D eigenvalue weighted by Crippen LogP contribution is 2.25. The summed E-state index contributed by atoms with van der Waals surface area (Å²) in [5.74, 6) is -0.406. The summed E-state index contributed by atoms with van der Waals surface area (Å²) in [5, 5.41) is 5.44. The van der Waals surface area contributed by atoms with Crippen LogP contribution in [0.15, 0.2) is 24.3 Å². The molecule has 8 heteroatoms. The number of para-hydroxylation sites is 2. The number of hydrogen-bond donors (Lipinski definition) is 2. The first-order valence-corrected chi connectivity index (χ1v) is 8.85. The van der Waals surface area contributed by atoms with Gasteiger partial charge in [-0.3, -0.25) is 19.8 Å². The minimum absolute atomic E-state index is 0.334. The number of rotatable bonds is 6. The molecule has 138 valence electrons. The van der Waals surface area contributed by atoms with Gasteiger partial charge in [0.2, 0.25) is 11.9 Å². The van der Waals surface area contributed by atoms with E-state index in [1.54, 1.807) is 0 Å². The van der Waals surface area contributed by atoms with E-state index in [2.05, 4.69) is 15.6 Å². The van der Waals surface area contributed by atoms with Gasteiger partial charge in [-0.2, -0.15) is 0 Å². The van der Waals surface area contributed by atoms with Crippen LogP contribution in [0.1, 0.15) is 33.6 Å². The van der Waals surface area contributed by atoms with Gasteiger partial charge < -0.3 is 9.88 Å². The fraction of sp³-hybridized carbons (Fsp3) is 0.444. The summed E-state index contributed by atoms with van der Waals surface area (Å²) in [6.07, 6.45) is 0.968. The zero-order valence-corrected chi connectivity index (χ0v) is 15.2. The third-order valence-electron chi connectivity index (χ3n) is 4.98. The number of amides is 4. The van der Waals surface area contributed by atoms with Crippen molar-refractivity contribution in [3.05, 3.63) is 24.3 Å². The average Bonchev–Trinajstić information content (AvgIpc) is 3.11. The van der Waals surface area contributed by atoms with Gasteiger partial charge in [-0.05, 0) is 31.9 Å². The van der Waals surface area contributed by atoms with Crippen molar-refractivity contribution >= 4 is 34.8 Å². The number of urea groups is 1. The van der Waals surface area contributed by atoms with E-state index in [0.29, 0.717) is 25.3 Å². The molecular formula is C18H23N5O3. The van der Waals surface area contributed by atoms with Crippen molar-refractivity contribution in [3.63, 3.8) is 0 Å². The molecule has 1 aromatic heterocycles. The summed E-state index contributed by atoms with van der Waals surface area (Å²) < 4.78 is 1.88. The van der Waals surface area contributed by atoms with Gasteiger partial charge in [0, 0.05) is 6.54 Å². The van der Waals surface area contributed by atoms with Gasteiger partial charge in [-0.25, -0.2) is 9.78 Å². The van der Waals surface area contributed by atoms with Crippen LogP contribution in [0.5, 0.6) is 0 Å². The predicted molar refractivity (Wildman–Crippen MR) is 97.6 cm³/mol. The lowest BCUT2D eigenvalue weighted by Crippen LogP contribution is -2.46. The topological polar surface area (TPSA) is 96.3 Å². The van der Waals surface area contributed by atoms with E-state index >= 15 is 0 Å². The van der Waals surface area contributed by atoms with Gasteiger partial charge in [-0.1, -0.05) is 26.0 Å². The Morgan fingerprint density at radius 2 is 1.88 bits per heavy atom. The Morgan fingerprint density at radius 3 is 2.50 bits per heavy atom. The van der Waals surface area contributed by atoms with Gasteiger partial charge in [-0.15, -0.1) is 0 Å². The van der Waals surface area contributed by atoms with E-state index in [4.69, 9.17) is 0 Å². The number of fused-ring (bicyclic) bond motifs is 1. The highest BCUT2D eigenvalue weighted by atomic mass is 16.2. The minimum atomic E-state index is -0.909. The molecule has 1 saturated heterocycles. The van der Waals surface area contributed by atoms with E-state index in [-0.39, 0.29) is 12.5 Å². The summed E-state index contributed by atoms with van der Waals surface area (Å²) in [6.45, 7) is 5.94. The lowest BCUT2D eigenvalue weighted by molar-refractivity contribution is -0.134. The number of carbonyl (C=O) groups is 3. The maximum Gasteiger partial charge on any atom is 0.325 e. The molecule has 1 aliphatic rings. The number of hydrogen-bond acceptors (Lipinski definition) is 4. The highest BCUT2D eigenvalue weighted by molar-refractivity contribution is 6.10. The van der Waals surface area contributed by atoms with E-state index < -0.39 is 17.5 Å². The maximum atomic E-state index is 12.6. The third-order valence-corrected chi connectivity index (χ3v) is 4.98. The molecule has 1 aromatic carbocycles. The van der Waals surface area contributed by atoms with Gasteiger partial charge in [0.05, 0.1) is 11.0 Å². The number of carbonyl (C=O) groups excluding carboxylic acids is 3.